The summed E-state index contributed by atoms with van der Waals surface area (Å²) in [5.41, 5.74) is 28.5. The van der Waals surface area contributed by atoms with E-state index in [4.69, 9.17) is 2.56 Å². The van der Waals surface area contributed by atoms with Crippen LogP contribution in [0.3, 0.4) is 0 Å². The smallest absolute Gasteiger partial charge is 0.0511 e. The molecule has 0 heterocycles. The molecule has 498 valence electrons. The number of para-hydroxylation sites is 5. The highest BCUT2D eigenvalue weighted by Gasteiger charge is 2.21. The minimum absolute atomic E-state index is 0.417. The molecule has 0 fully saturated rings. The van der Waals surface area contributed by atoms with Crippen LogP contribution in [-0.4, -0.2) is 2.56 Å². The Bertz CT molecular complexity index is 4750. The van der Waals surface area contributed by atoms with Crippen LogP contribution in [0.25, 0.3) is 11.1 Å². The molecule has 0 amide bonds. The van der Waals surface area contributed by atoms with Crippen molar-refractivity contribution in [3.05, 3.63) is 422 Å². The molecular formula is C95H83N6P. The Hall–Kier alpha value is -12.5. The summed E-state index contributed by atoms with van der Waals surface area (Å²) in [4.78, 5) is 13.9. The lowest BCUT2D eigenvalue weighted by Crippen LogP contribution is -2.14. The van der Waals surface area contributed by atoms with Gasteiger partial charge in [0.2, 0.25) is 0 Å². The van der Waals surface area contributed by atoms with Crippen LogP contribution in [0.5, 0.6) is 0 Å². The van der Waals surface area contributed by atoms with Crippen molar-refractivity contribution in [2.75, 3.05) is 29.4 Å². The predicted octanol–water partition coefficient (Wildman–Crippen LogP) is 27.5. The SMILES string of the molecule is Cc1cccc(N(c2ccccc2)c2ccc(-c3ccc(N(c4ccccc4)c4cccc(C)c4)cc3)cc2)c1.Cc1cccc(N(c2ccccc2)c2ccc(N(c3ccc(N(c4ccccc4)c4cccc(C)c4)cc3)c3ccc(N(c4ccccc4)c4cccc(C)c4)cc3)cc2)c1.[2H]P[3H]. The quantitative estimate of drug-likeness (QED) is 0.0746. The molecule has 102 heavy (non-hydrogen) atoms. The average molecular weight is 1340 g/mol. The molecular weight excluding hydrogens is 1260 g/mol. The van der Waals surface area contributed by atoms with Gasteiger partial charge in [-0.3, -0.25) is 0 Å². The van der Waals surface area contributed by atoms with Crippen LogP contribution in [0, 0.1) is 34.6 Å². The maximum absolute atomic E-state index is 5.90. The highest BCUT2D eigenvalue weighted by atomic mass is 31.0. The zero-order valence-electron chi connectivity index (χ0n) is 60.2. The van der Waals surface area contributed by atoms with Crippen molar-refractivity contribution < 1.29 is 0 Å². The van der Waals surface area contributed by atoms with Gasteiger partial charge in [0, 0.05) is 102 Å². The minimum atomic E-state index is -0.417. The molecule has 1 atom stereocenters. The summed E-state index contributed by atoms with van der Waals surface area (Å²) in [6, 6.07) is 141. The first kappa shape index (κ1) is 65.5. The van der Waals surface area contributed by atoms with Crippen molar-refractivity contribution in [2.45, 2.75) is 34.6 Å². The molecule has 15 aromatic rings. The second-order valence-electron chi connectivity index (χ2n) is 25.5. The molecule has 6 nitrogen and oxygen atoms in total. The van der Waals surface area contributed by atoms with Crippen LogP contribution in [0.4, 0.5) is 102 Å². The van der Waals surface area contributed by atoms with E-state index in [1.54, 1.807) is 0 Å². The Morgan fingerprint density at radius 3 is 0.461 bits per heavy atom. The number of anilines is 18. The number of aryl methyl sites for hydroxylation is 5. The van der Waals surface area contributed by atoms with Crippen LogP contribution in [0.15, 0.2) is 394 Å². The average Bonchev–Trinajstić information content (AvgIpc) is 0.783. The molecule has 0 N–H and O–H groups in total. The fraction of sp³-hybridized carbons (Fsp3) is 0.0526. The maximum atomic E-state index is 5.90. The van der Waals surface area contributed by atoms with E-state index in [1.165, 1.54) is 38.9 Å². The molecule has 0 saturated heterocycles. The van der Waals surface area contributed by atoms with Gasteiger partial charge in [-0.05, 0) is 292 Å². The van der Waals surface area contributed by atoms with Crippen LogP contribution < -0.4 is 29.4 Å². The first-order chi connectivity index (χ1) is 51.0. The van der Waals surface area contributed by atoms with Gasteiger partial charge >= 0.3 is 0 Å². The molecule has 15 aromatic carbocycles. The summed E-state index contributed by atoms with van der Waals surface area (Å²) in [6.45, 7) is 10.7. The number of benzene rings is 15. The van der Waals surface area contributed by atoms with Crippen molar-refractivity contribution in [1.82, 2.24) is 0 Å². The lowest BCUT2D eigenvalue weighted by Gasteiger charge is -2.30. The van der Waals surface area contributed by atoms with Crippen molar-refractivity contribution in [1.29, 1.82) is 2.56 Å². The zero-order chi connectivity index (χ0) is 71.6. The maximum Gasteiger partial charge on any atom is 0.0511 e. The monoisotopic (exact) mass is 1340 g/mol. The molecule has 0 aliphatic heterocycles. The fourth-order valence-corrected chi connectivity index (χ4v) is 13.3. The highest BCUT2D eigenvalue weighted by Crippen LogP contribution is 2.45. The minimum Gasteiger partial charge on any atom is -0.310 e. The molecule has 0 radical (unpaired) electrons. The first-order valence-electron chi connectivity index (χ1n) is 35.5. The topological polar surface area (TPSA) is 19.4 Å². The number of hydrogen-bond donors (Lipinski definition) is 0. The Morgan fingerprint density at radius 1 is 0.176 bits per heavy atom. The third-order valence-electron chi connectivity index (χ3n) is 18.1. The van der Waals surface area contributed by atoms with Crippen molar-refractivity contribution >= 4 is 112 Å². The van der Waals surface area contributed by atoms with E-state index in [-0.39, 0.29) is 0 Å². The van der Waals surface area contributed by atoms with E-state index in [0.29, 0.717) is 0 Å². The second kappa shape index (κ2) is 32.0. The van der Waals surface area contributed by atoms with E-state index in [0.717, 1.165) is 102 Å². The number of hydrogen-bond acceptors (Lipinski definition) is 6. The summed E-state index contributed by atoms with van der Waals surface area (Å²) in [7, 11) is -0.417. The van der Waals surface area contributed by atoms with E-state index < -0.39 is 9.79 Å². The van der Waals surface area contributed by atoms with Gasteiger partial charge in [0.15, 0.2) is 0 Å². The van der Waals surface area contributed by atoms with E-state index in [9.17, 15) is 0 Å². The van der Waals surface area contributed by atoms with Gasteiger partial charge < -0.3 is 29.4 Å². The van der Waals surface area contributed by atoms with Crippen LogP contribution in [0.2, 0.25) is 0 Å². The summed E-state index contributed by atoms with van der Waals surface area (Å²) in [5, 5.41) is 0. The van der Waals surface area contributed by atoms with Crippen molar-refractivity contribution in [3.8, 4) is 11.1 Å². The summed E-state index contributed by atoms with van der Waals surface area (Å²) < 4.78 is 11.8. The summed E-state index contributed by atoms with van der Waals surface area (Å²) >= 11 is 0. The third-order valence-corrected chi connectivity index (χ3v) is 18.1. The molecule has 0 saturated carbocycles. The molecule has 0 spiro atoms. The van der Waals surface area contributed by atoms with Crippen LogP contribution >= 0.6 is 9.79 Å². The number of nitrogens with zero attached hydrogens (tertiary/aromatic N) is 6. The first-order valence-corrected chi connectivity index (χ1v) is 34.5. The van der Waals surface area contributed by atoms with Gasteiger partial charge in [0.25, 0.3) is 0 Å². The van der Waals surface area contributed by atoms with E-state index in [1.807, 2.05) is 0 Å². The summed E-state index contributed by atoms with van der Waals surface area (Å²) in [6.07, 6.45) is 0. The molecule has 0 aliphatic rings. The fourth-order valence-electron chi connectivity index (χ4n) is 13.3. The number of rotatable bonds is 19. The Labute approximate surface area is 608 Å². The van der Waals surface area contributed by atoms with Gasteiger partial charge in [-0.15, -0.1) is 0 Å². The zero-order valence-corrected chi connectivity index (χ0v) is 59.2. The molecule has 1 unspecified atom stereocenters. The Morgan fingerprint density at radius 2 is 0.304 bits per heavy atom. The lowest BCUT2D eigenvalue weighted by molar-refractivity contribution is 1.23. The van der Waals surface area contributed by atoms with Gasteiger partial charge in [0.05, 0.1) is 2.56 Å². The van der Waals surface area contributed by atoms with Crippen molar-refractivity contribution in [3.63, 3.8) is 0 Å². The lowest BCUT2D eigenvalue weighted by atomic mass is 10.0. The normalized spacial score (nSPS) is 11.0. The third kappa shape index (κ3) is 15.8. The van der Waals surface area contributed by atoms with Crippen LogP contribution in [0.1, 0.15) is 27.8 Å². The summed E-state index contributed by atoms with van der Waals surface area (Å²) in [5.74, 6) is 0. The van der Waals surface area contributed by atoms with Gasteiger partial charge in [-0.2, -0.15) is 9.79 Å². The molecule has 7 heteroatoms. The van der Waals surface area contributed by atoms with E-state index in [2.05, 4.69) is 458 Å². The van der Waals surface area contributed by atoms with Gasteiger partial charge in [-0.25, -0.2) is 0 Å². The van der Waals surface area contributed by atoms with Crippen LogP contribution in [-0.2, 0) is 0 Å². The molecule has 0 aliphatic carbocycles. The Balaban J connectivity index is 0.000000193. The molecule has 0 aromatic heterocycles. The second-order valence-corrected chi connectivity index (χ2v) is 25.5. The predicted molar refractivity (Wildman–Crippen MR) is 441 cm³/mol. The Kier molecular flexibility index (Phi) is 20.6. The largest absolute Gasteiger partial charge is 0.310 e. The standard InChI is InChI=1S/C57H48N4.C38H32N2.H3P/c1-43-16-13-25-55(40-43)59(46-19-7-4-8-20-46)52-34-28-49(29-35-52)58(50-30-36-53(37-31-50)60(47-21-9-5-10-22-47)56-26-14-17-44(2)41-56)51-32-38-54(39-33-51)61(48-23-11-6-12-24-48)57-27-15-18-45(3)42-57;1-29-11-9-17-37(27-29)39(33-13-5-3-6-14-33)35-23-19-31(20-24-35)32-21-25-36(26-22-32)40(34-15-7-4-8-16-34)38-18-10-12-30(2)28-38;/h4-42H,1-3H3;3-28H,1-2H3;1H3/i;;1TD. The highest BCUT2D eigenvalue weighted by molar-refractivity contribution is 6.92. The van der Waals surface area contributed by atoms with Crippen molar-refractivity contribution in [2.24, 2.45) is 0 Å². The van der Waals surface area contributed by atoms with Gasteiger partial charge in [-0.1, -0.05) is 176 Å². The van der Waals surface area contributed by atoms with Gasteiger partial charge in [0.1, 0.15) is 0 Å². The van der Waals surface area contributed by atoms with E-state index >= 15 is 0 Å². The molecule has 15 rings (SSSR count). The molecule has 0 bridgehead atoms.